The number of hydrogen-bond donors (Lipinski definition) is 1. The number of pyridine rings is 1. The molecule has 5 nitrogen and oxygen atoms in total. The number of carbonyl (C=O) groups excluding carboxylic acids is 2. The molecule has 6 heteroatoms. The first kappa shape index (κ1) is 16.1. The SMILES string of the molecule is O=C(NC1Cc2ccncc2C1)C1CC(=O)N(c2ccccc2Cl)C1. The molecule has 0 saturated carbocycles. The van der Waals surface area contributed by atoms with Crippen molar-refractivity contribution in [1.29, 1.82) is 0 Å². The van der Waals surface area contributed by atoms with Crippen molar-refractivity contribution in [3.63, 3.8) is 0 Å². The van der Waals surface area contributed by atoms with E-state index in [1.165, 1.54) is 11.1 Å². The molecule has 2 unspecified atom stereocenters. The third-order valence-corrected chi connectivity index (χ3v) is 5.24. The van der Waals surface area contributed by atoms with E-state index in [4.69, 9.17) is 11.6 Å². The van der Waals surface area contributed by atoms with Crippen molar-refractivity contribution in [3.05, 3.63) is 58.9 Å². The van der Waals surface area contributed by atoms with Crippen molar-refractivity contribution in [2.45, 2.75) is 25.3 Å². The van der Waals surface area contributed by atoms with Crippen LogP contribution in [0.4, 0.5) is 5.69 Å². The van der Waals surface area contributed by atoms with Gasteiger partial charge in [0.1, 0.15) is 0 Å². The molecule has 2 aromatic rings. The molecule has 1 fully saturated rings. The number of aromatic nitrogens is 1. The Balaban J connectivity index is 1.41. The van der Waals surface area contributed by atoms with Crippen LogP contribution in [-0.4, -0.2) is 29.4 Å². The molecular formula is C19H18ClN3O2. The van der Waals surface area contributed by atoms with Gasteiger partial charge >= 0.3 is 0 Å². The van der Waals surface area contributed by atoms with Crippen LogP contribution in [0, 0.1) is 5.92 Å². The number of nitrogens with one attached hydrogen (secondary N) is 1. The largest absolute Gasteiger partial charge is 0.352 e. The van der Waals surface area contributed by atoms with Gasteiger partial charge in [-0.3, -0.25) is 14.6 Å². The standard InChI is InChI=1S/C19H18ClN3O2/c20-16-3-1-2-4-17(16)23-11-14(9-18(23)24)19(25)22-15-7-12-5-6-21-10-13(12)8-15/h1-6,10,14-15H,7-9,11H2,(H,22,25). The third kappa shape index (κ3) is 3.12. The van der Waals surface area contributed by atoms with Gasteiger partial charge < -0.3 is 10.2 Å². The predicted molar refractivity (Wildman–Crippen MR) is 95.5 cm³/mol. The van der Waals surface area contributed by atoms with Crippen molar-refractivity contribution in [3.8, 4) is 0 Å². The zero-order valence-corrected chi connectivity index (χ0v) is 14.4. The Bertz CT molecular complexity index is 814. The fraction of sp³-hybridized carbons (Fsp3) is 0.316. The number of carbonyl (C=O) groups is 2. The molecule has 1 saturated heterocycles. The zero-order valence-electron chi connectivity index (χ0n) is 13.6. The second-order valence-electron chi connectivity index (χ2n) is 6.61. The Labute approximate surface area is 151 Å². The van der Waals surface area contributed by atoms with E-state index < -0.39 is 0 Å². The Kier molecular flexibility index (Phi) is 4.17. The van der Waals surface area contributed by atoms with E-state index in [-0.39, 0.29) is 30.2 Å². The summed E-state index contributed by atoms with van der Waals surface area (Å²) in [6, 6.07) is 9.30. The summed E-state index contributed by atoms with van der Waals surface area (Å²) in [6.45, 7) is 0.371. The van der Waals surface area contributed by atoms with Crippen molar-refractivity contribution in [1.82, 2.24) is 10.3 Å². The lowest BCUT2D eigenvalue weighted by molar-refractivity contribution is -0.126. The highest BCUT2D eigenvalue weighted by atomic mass is 35.5. The topological polar surface area (TPSA) is 62.3 Å². The van der Waals surface area contributed by atoms with Gasteiger partial charge in [-0.25, -0.2) is 0 Å². The highest BCUT2D eigenvalue weighted by Crippen LogP contribution is 2.31. The zero-order chi connectivity index (χ0) is 17.4. The molecule has 2 aliphatic rings. The molecule has 1 aliphatic heterocycles. The van der Waals surface area contributed by atoms with Crippen LogP contribution >= 0.6 is 11.6 Å². The van der Waals surface area contributed by atoms with E-state index in [0.717, 1.165) is 12.8 Å². The monoisotopic (exact) mass is 355 g/mol. The number of benzene rings is 1. The fourth-order valence-corrected chi connectivity index (χ4v) is 3.89. The van der Waals surface area contributed by atoms with Crippen LogP contribution in [0.5, 0.6) is 0 Å². The lowest BCUT2D eigenvalue weighted by Crippen LogP contribution is -2.40. The summed E-state index contributed by atoms with van der Waals surface area (Å²) < 4.78 is 0. The number of hydrogen-bond acceptors (Lipinski definition) is 3. The number of rotatable bonds is 3. The molecule has 128 valence electrons. The molecule has 1 N–H and O–H groups in total. The molecule has 2 heterocycles. The van der Waals surface area contributed by atoms with E-state index in [1.54, 1.807) is 23.2 Å². The second kappa shape index (κ2) is 6.48. The summed E-state index contributed by atoms with van der Waals surface area (Å²) in [5, 5.41) is 3.62. The maximum atomic E-state index is 12.6. The van der Waals surface area contributed by atoms with E-state index >= 15 is 0 Å². The molecular weight excluding hydrogens is 338 g/mol. The molecule has 1 aromatic heterocycles. The van der Waals surface area contributed by atoms with Gasteiger partial charge in [0.2, 0.25) is 11.8 Å². The minimum absolute atomic E-state index is 0.0614. The summed E-state index contributed by atoms with van der Waals surface area (Å²) in [5.74, 6) is -0.466. The highest BCUT2D eigenvalue weighted by molar-refractivity contribution is 6.33. The van der Waals surface area contributed by atoms with Gasteiger partial charge in [-0.2, -0.15) is 0 Å². The van der Waals surface area contributed by atoms with Gasteiger partial charge in [-0.1, -0.05) is 23.7 Å². The van der Waals surface area contributed by atoms with Crippen LogP contribution < -0.4 is 10.2 Å². The van der Waals surface area contributed by atoms with Crippen molar-refractivity contribution in [2.75, 3.05) is 11.4 Å². The molecule has 4 rings (SSSR count). The number of anilines is 1. The molecule has 0 spiro atoms. The maximum absolute atomic E-state index is 12.6. The van der Waals surface area contributed by atoms with E-state index in [1.807, 2.05) is 24.4 Å². The molecule has 0 bridgehead atoms. The van der Waals surface area contributed by atoms with Gasteiger partial charge in [-0.05, 0) is 42.2 Å². The van der Waals surface area contributed by atoms with Gasteiger partial charge in [0.05, 0.1) is 16.6 Å². The lowest BCUT2D eigenvalue weighted by Gasteiger charge is -2.19. The first-order valence-corrected chi connectivity index (χ1v) is 8.76. The number of fused-ring (bicyclic) bond motifs is 1. The predicted octanol–water partition coefficient (Wildman–Crippen LogP) is 2.37. The van der Waals surface area contributed by atoms with Crippen LogP contribution in [0.1, 0.15) is 17.5 Å². The third-order valence-electron chi connectivity index (χ3n) is 4.92. The van der Waals surface area contributed by atoms with Gasteiger partial charge in [-0.15, -0.1) is 0 Å². The Morgan fingerprint density at radius 3 is 2.76 bits per heavy atom. The number of amides is 2. The Morgan fingerprint density at radius 1 is 1.16 bits per heavy atom. The minimum Gasteiger partial charge on any atom is -0.352 e. The van der Waals surface area contributed by atoms with Gasteiger partial charge in [0.25, 0.3) is 0 Å². The Hall–Kier alpha value is -2.40. The lowest BCUT2D eigenvalue weighted by atomic mass is 10.1. The number of halogens is 1. The van der Waals surface area contributed by atoms with Crippen LogP contribution in [0.15, 0.2) is 42.7 Å². The summed E-state index contributed by atoms with van der Waals surface area (Å²) >= 11 is 6.19. The quantitative estimate of drug-likeness (QED) is 0.919. The normalized spacial score (nSPS) is 22.1. The minimum atomic E-state index is -0.342. The molecule has 1 aromatic carbocycles. The van der Waals surface area contributed by atoms with Gasteiger partial charge in [0.15, 0.2) is 0 Å². The van der Waals surface area contributed by atoms with Crippen LogP contribution in [0.2, 0.25) is 5.02 Å². The maximum Gasteiger partial charge on any atom is 0.227 e. The summed E-state index contributed by atoms with van der Waals surface area (Å²) in [6.07, 6.45) is 5.47. The molecule has 0 radical (unpaired) electrons. The fourth-order valence-electron chi connectivity index (χ4n) is 3.65. The van der Waals surface area contributed by atoms with Crippen LogP contribution in [-0.2, 0) is 22.4 Å². The average molecular weight is 356 g/mol. The molecule has 2 atom stereocenters. The highest BCUT2D eigenvalue weighted by Gasteiger charge is 2.37. The van der Waals surface area contributed by atoms with E-state index in [2.05, 4.69) is 10.3 Å². The van der Waals surface area contributed by atoms with Crippen LogP contribution in [0.25, 0.3) is 0 Å². The first-order chi connectivity index (χ1) is 12.1. The first-order valence-electron chi connectivity index (χ1n) is 8.39. The van der Waals surface area contributed by atoms with E-state index in [0.29, 0.717) is 17.3 Å². The second-order valence-corrected chi connectivity index (χ2v) is 7.02. The van der Waals surface area contributed by atoms with Gasteiger partial charge in [0, 0.05) is 31.4 Å². The van der Waals surface area contributed by atoms with Crippen molar-refractivity contribution >= 4 is 29.1 Å². The summed E-state index contributed by atoms with van der Waals surface area (Å²) in [4.78, 5) is 30.7. The number of para-hydroxylation sites is 1. The number of nitrogens with zero attached hydrogens (tertiary/aromatic N) is 2. The summed E-state index contributed by atoms with van der Waals surface area (Å²) in [7, 11) is 0. The summed E-state index contributed by atoms with van der Waals surface area (Å²) in [5.41, 5.74) is 3.09. The smallest absolute Gasteiger partial charge is 0.227 e. The average Bonchev–Trinajstić information content (AvgIpc) is 3.18. The van der Waals surface area contributed by atoms with E-state index in [9.17, 15) is 9.59 Å². The van der Waals surface area contributed by atoms with Crippen molar-refractivity contribution < 1.29 is 9.59 Å². The van der Waals surface area contributed by atoms with Crippen molar-refractivity contribution in [2.24, 2.45) is 5.92 Å². The Morgan fingerprint density at radius 2 is 1.96 bits per heavy atom. The molecule has 2 amide bonds. The molecule has 25 heavy (non-hydrogen) atoms. The van der Waals surface area contributed by atoms with Crippen LogP contribution in [0.3, 0.4) is 0 Å². The molecule has 1 aliphatic carbocycles.